The molecule has 11 heteroatoms. The van der Waals surface area contributed by atoms with Crippen LogP contribution in [0.15, 0.2) is 0 Å². The van der Waals surface area contributed by atoms with Gasteiger partial charge in [-0.3, -0.25) is 0 Å². The van der Waals surface area contributed by atoms with Crippen molar-refractivity contribution in [3.05, 3.63) is 0 Å². The molecule has 1 unspecified atom stereocenters. The lowest BCUT2D eigenvalue weighted by molar-refractivity contribution is -0.361. The first-order valence-electron chi connectivity index (χ1n) is 7.08. The van der Waals surface area contributed by atoms with Crippen molar-refractivity contribution in [2.75, 3.05) is 13.2 Å². The van der Waals surface area contributed by atoms with Crippen LogP contribution in [0.4, 0.5) is 0 Å². The van der Waals surface area contributed by atoms with Gasteiger partial charge in [-0.15, -0.1) is 0 Å². The minimum atomic E-state index is -1.75. The highest BCUT2D eigenvalue weighted by Gasteiger charge is 2.50. The van der Waals surface area contributed by atoms with Gasteiger partial charge in [0.15, 0.2) is 12.6 Å². The van der Waals surface area contributed by atoms with E-state index in [1.807, 2.05) is 0 Å². The molecule has 0 spiro atoms. The number of aliphatic hydroxyl groups excluding tert-OH is 8. The molecular weight excluding hydrogens is 320 g/mol. The van der Waals surface area contributed by atoms with Crippen molar-refractivity contribution in [2.45, 2.75) is 61.4 Å². The number of rotatable bonds is 4. The van der Waals surface area contributed by atoms with E-state index in [0.717, 1.165) is 0 Å². The van der Waals surface area contributed by atoms with Gasteiger partial charge in [-0.05, 0) is 0 Å². The molecule has 0 bridgehead atoms. The van der Waals surface area contributed by atoms with Gasteiger partial charge < -0.3 is 55.1 Å². The molecule has 0 aromatic carbocycles. The third-order valence-electron chi connectivity index (χ3n) is 3.98. The largest absolute Gasteiger partial charge is 0.394 e. The van der Waals surface area contributed by atoms with Crippen molar-refractivity contribution >= 4 is 0 Å². The zero-order valence-electron chi connectivity index (χ0n) is 12.0. The van der Waals surface area contributed by atoms with Crippen LogP contribution in [0.1, 0.15) is 0 Å². The quantitative estimate of drug-likeness (QED) is 0.243. The van der Waals surface area contributed by atoms with Gasteiger partial charge in [0.2, 0.25) is 0 Å². The highest BCUT2D eigenvalue weighted by molar-refractivity contribution is 4.93. The minimum absolute atomic E-state index is 0.651. The fourth-order valence-corrected chi connectivity index (χ4v) is 2.55. The second kappa shape index (κ2) is 7.63. The molecular formula is C12H22O11. The molecule has 0 amide bonds. The molecule has 0 aromatic heterocycles. The van der Waals surface area contributed by atoms with Crippen LogP contribution in [0, 0.1) is 0 Å². The lowest BCUT2D eigenvalue weighted by Crippen LogP contribution is -2.64. The molecule has 0 radical (unpaired) electrons. The molecule has 0 aromatic rings. The highest BCUT2D eigenvalue weighted by atomic mass is 16.7. The Bertz CT molecular complexity index is 380. The van der Waals surface area contributed by atoms with E-state index >= 15 is 0 Å². The summed E-state index contributed by atoms with van der Waals surface area (Å²) in [6.45, 7) is -1.33. The summed E-state index contributed by atoms with van der Waals surface area (Å²) in [4.78, 5) is 0. The maximum absolute atomic E-state index is 9.94. The first-order chi connectivity index (χ1) is 10.8. The van der Waals surface area contributed by atoms with E-state index in [9.17, 15) is 30.6 Å². The van der Waals surface area contributed by atoms with Gasteiger partial charge in [0, 0.05) is 0 Å². The lowest BCUT2D eigenvalue weighted by atomic mass is 9.97. The highest BCUT2D eigenvalue weighted by Crippen LogP contribution is 2.28. The lowest BCUT2D eigenvalue weighted by Gasteiger charge is -2.44. The van der Waals surface area contributed by atoms with Crippen LogP contribution < -0.4 is 0 Å². The number of hydrogen-bond donors (Lipinski definition) is 8. The van der Waals surface area contributed by atoms with Gasteiger partial charge in [-0.1, -0.05) is 0 Å². The monoisotopic (exact) mass is 342 g/mol. The minimum Gasteiger partial charge on any atom is -0.394 e. The average molecular weight is 342 g/mol. The summed E-state index contributed by atoms with van der Waals surface area (Å²) in [5, 5.41) is 76.7. The van der Waals surface area contributed by atoms with Gasteiger partial charge in [0.25, 0.3) is 0 Å². The van der Waals surface area contributed by atoms with Gasteiger partial charge in [-0.2, -0.15) is 0 Å². The predicted octanol–water partition coefficient (Wildman–Crippen LogP) is -5.40. The van der Waals surface area contributed by atoms with E-state index in [1.165, 1.54) is 0 Å². The molecule has 2 rings (SSSR count). The van der Waals surface area contributed by atoms with Crippen molar-refractivity contribution < 1.29 is 55.1 Å². The molecule has 136 valence electrons. The average Bonchev–Trinajstić information content (AvgIpc) is 2.54. The van der Waals surface area contributed by atoms with Crippen molar-refractivity contribution in [1.82, 2.24) is 0 Å². The van der Waals surface area contributed by atoms with Crippen LogP contribution in [-0.2, 0) is 14.2 Å². The molecule has 0 saturated carbocycles. The van der Waals surface area contributed by atoms with Crippen LogP contribution in [-0.4, -0.2) is 115 Å². The molecule has 23 heavy (non-hydrogen) atoms. The topological polar surface area (TPSA) is 190 Å². The van der Waals surface area contributed by atoms with Gasteiger partial charge in [0.05, 0.1) is 13.2 Å². The zero-order valence-corrected chi connectivity index (χ0v) is 12.0. The Morgan fingerprint density at radius 1 is 0.652 bits per heavy atom. The Morgan fingerprint density at radius 2 is 1.17 bits per heavy atom. The normalized spacial score (nSPS) is 51.7. The Balaban J connectivity index is 2.08. The van der Waals surface area contributed by atoms with E-state index in [4.69, 9.17) is 24.4 Å². The third kappa shape index (κ3) is 3.65. The van der Waals surface area contributed by atoms with Gasteiger partial charge >= 0.3 is 0 Å². The number of aliphatic hydroxyl groups is 8. The number of ether oxygens (including phenoxy) is 3. The van der Waals surface area contributed by atoms with E-state index in [-0.39, 0.29) is 0 Å². The Kier molecular flexibility index (Phi) is 6.27. The van der Waals surface area contributed by atoms with Gasteiger partial charge in [-0.25, -0.2) is 0 Å². The molecule has 11 nitrogen and oxygen atoms in total. The van der Waals surface area contributed by atoms with Crippen LogP contribution in [0.5, 0.6) is 0 Å². The van der Waals surface area contributed by atoms with E-state index in [1.54, 1.807) is 0 Å². The second-order valence-corrected chi connectivity index (χ2v) is 5.53. The standard InChI is InChI=1S/C12H22O11/c13-1-3-6(16)8(18)10(11(20)21-3)23-12-9(19)7(17)5(15)4(2-14)22-12/h3-20H,1-2H2/t3-,4-,5+,6-,7+,8+,9+,10+,11?,12-/m1/s1. The van der Waals surface area contributed by atoms with Crippen LogP contribution in [0.3, 0.4) is 0 Å². The SMILES string of the molecule is OC[C@H]1O[C@H](O[C@@H]2C(O)O[C@H](CO)[C@@H](O)[C@@H]2O)[C@@H](O)[C@@H](O)[C@H]1O. The van der Waals surface area contributed by atoms with Gasteiger partial charge in [0.1, 0.15) is 48.8 Å². The Morgan fingerprint density at radius 3 is 1.74 bits per heavy atom. The van der Waals surface area contributed by atoms with Crippen LogP contribution >= 0.6 is 0 Å². The fourth-order valence-electron chi connectivity index (χ4n) is 2.55. The molecule has 2 aliphatic rings. The molecule has 2 fully saturated rings. The molecule has 2 saturated heterocycles. The predicted molar refractivity (Wildman–Crippen MR) is 68.6 cm³/mol. The Hall–Kier alpha value is -0.440. The van der Waals surface area contributed by atoms with E-state index in [2.05, 4.69) is 0 Å². The molecule has 10 atom stereocenters. The summed E-state index contributed by atoms with van der Waals surface area (Å²) in [7, 11) is 0. The molecule has 8 N–H and O–H groups in total. The summed E-state index contributed by atoms with van der Waals surface area (Å²) in [6.07, 6.45) is -15.6. The molecule has 0 aliphatic carbocycles. The second-order valence-electron chi connectivity index (χ2n) is 5.53. The van der Waals surface area contributed by atoms with Crippen molar-refractivity contribution in [3.8, 4) is 0 Å². The van der Waals surface area contributed by atoms with Crippen molar-refractivity contribution in [3.63, 3.8) is 0 Å². The van der Waals surface area contributed by atoms with Crippen LogP contribution in [0.25, 0.3) is 0 Å². The summed E-state index contributed by atoms with van der Waals surface area (Å²) in [5.41, 5.74) is 0. The number of hydrogen-bond acceptors (Lipinski definition) is 11. The summed E-state index contributed by atoms with van der Waals surface area (Å²) in [5.74, 6) is 0. The summed E-state index contributed by atoms with van der Waals surface area (Å²) >= 11 is 0. The smallest absolute Gasteiger partial charge is 0.187 e. The molecule has 2 aliphatic heterocycles. The van der Waals surface area contributed by atoms with E-state index in [0.29, 0.717) is 0 Å². The van der Waals surface area contributed by atoms with Crippen molar-refractivity contribution in [1.29, 1.82) is 0 Å². The van der Waals surface area contributed by atoms with E-state index < -0.39 is 74.6 Å². The van der Waals surface area contributed by atoms with Crippen molar-refractivity contribution in [2.24, 2.45) is 0 Å². The maximum Gasteiger partial charge on any atom is 0.187 e. The fraction of sp³-hybridized carbons (Fsp3) is 1.00. The summed E-state index contributed by atoms with van der Waals surface area (Å²) < 4.78 is 15.1. The summed E-state index contributed by atoms with van der Waals surface area (Å²) in [6, 6.07) is 0. The zero-order chi connectivity index (χ0) is 17.3. The Labute approximate surface area is 130 Å². The molecule has 2 heterocycles. The maximum atomic E-state index is 9.94. The first-order valence-corrected chi connectivity index (χ1v) is 7.08. The van der Waals surface area contributed by atoms with Crippen LogP contribution in [0.2, 0.25) is 0 Å². The third-order valence-corrected chi connectivity index (χ3v) is 3.98. The first kappa shape index (κ1) is 18.9.